The number of aromatic nitrogens is 11. The smallest absolute Gasteiger partial charge is 0.338 e. The summed E-state index contributed by atoms with van der Waals surface area (Å²) in [4.78, 5) is 149. The van der Waals surface area contributed by atoms with Crippen molar-refractivity contribution in [1.82, 2.24) is 54.4 Å². The number of nitrogens with two attached hydrogens (primary N) is 5. The Balaban J connectivity index is 0.000000141. The van der Waals surface area contributed by atoms with E-state index in [9.17, 15) is 73.1 Å². The standard InChI is InChI=1S/C20H19FN4O6S.C13H15N7O5S.C12H16N4O5S.C12H14N4O4S.C11H13FN4O4S/c1-9-25(16-15(32-9)17(27)24-20(22)23-16)18-14(30-10(2)26)13(21)12(31-18)8-29-19(28)11-6-4-3-5-7-11;1-4-20(10-9(26-4)11(23)17-13(14)16-10)12-8(24-5(2)22)7(18-19-15)6(3-21)25-12;1-4-6(20-2)5(3-17)21-10(4)16-8-7(22-12(16)19)9(18)15-11(13)14-8;1-4-6(3-17)20-11(7(4)18)16-5(2)21-8-9(16)14-12(13)15-10(8)19;1-3-16(10-6(18)5(12)4(2-17)20-10)8-7(21-3)9(19)15-11(13)14-8/h3-7,12-14,18H,1,8H2,2H3,(H3,22,23,24,27);6-8,12,21H,1,3H2,2H3,(H3,14,16,17,23);4-6,10,17H,3H2,1-2H3,(H3,13,14,15,18);6-7,11,17-18H,1-3H2,(H3,13,14,15,19);4-6,10,17-18H,1-2H2,(H3,13,14,15,19)/t12-,13+,14-,18-;6-,7-,8-,12-;4-,5-,6-,10-;6-,7-,11-;4-,5+,6-,10-/m11111/s1. The molecule has 6 aromatic heterocycles. The number of aromatic amines is 5. The number of halogens is 2. The number of fused-ring (bicyclic) bond motifs is 5. The highest BCUT2D eigenvalue weighted by atomic mass is 32.2. The second-order valence-corrected chi connectivity index (χ2v) is 32.3. The molecule has 15 heterocycles. The Morgan fingerprint density at radius 2 is 0.975 bits per heavy atom. The highest BCUT2D eigenvalue weighted by Gasteiger charge is 2.56. The molecule has 9 aliphatic heterocycles. The third-order valence-corrected chi connectivity index (χ3v) is 24.1. The summed E-state index contributed by atoms with van der Waals surface area (Å²) in [6.07, 6.45) is -18.3. The number of methoxy groups -OCH3 is 1. The molecule has 21 N–H and O–H groups in total. The summed E-state index contributed by atoms with van der Waals surface area (Å²) >= 11 is 4.98. The fraction of sp³-hybridized carbons (Fsp3) is 0.412. The SMILES string of the molecule is C=C1Sc2c(nc(N)[nH]c2=O)N1[C@@H]1O[C@H](CO)[C@@H](N=[N+]=[N-])[C@H]1OC(C)=O.C=C1Sc2c(nc(N)[nH]c2=O)N1[C@@H]1O[C@H](CO)[C@H](F)[C@H]1O.C=C1Sc2c(nc(N)[nH]c2=O)N1[C@@H]1O[C@H](COC(=O)c2ccccc2)[C@H](F)[C@H]1OC(C)=O.C=C1[C@@H](O)[C@H](N2C(=C)Sc3c2nc(N)[nH]c3=O)O[C@@H]1CO.CO[C@@H]1[C@@H](C)[C@H](n2c(=O)sc3c(=O)[nH]c(N)nc32)O[C@@H]1CO. The van der Waals surface area contributed by atoms with Gasteiger partial charge in [0.15, 0.2) is 78.4 Å². The molecule has 0 saturated carbocycles. The lowest BCUT2D eigenvalue weighted by molar-refractivity contribution is -0.151. The number of thiazole rings is 1. The number of ether oxygens (including phenoxy) is 9. The monoisotopic (exact) mass is 1800 g/mol. The lowest BCUT2D eigenvalue weighted by atomic mass is 10.0. The van der Waals surface area contributed by atoms with E-state index in [4.69, 9.17) is 81.9 Å². The average molecular weight is 1800 g/mol. The fourth-order valence-corrected chi connectivity index (χ4v) is 18.3. The number of H-pyrrole nitrogens is 5. The van der Waals surface area contributed by atoms with Crippen molar-refractivity contribution in [1.29, 1.82) is 0 Å². The van der Waals surface area contributed by atoms with Crippen LogP contribution in [-0.2, 0) is 52.2 Å². The molecule has 122 heavy (non-hydrogen) atoms. The number of carbonyl (C=O) groups excluding carboxylic acids is 3. The molecule has 47 nitrogen and oxygen atoms in total. The number of azide groups is 1. The van der Waals surface area contributed by atoms with E-state index in [1.807, 2.05) is 6.92 Å². The molecule has 0 bridgehead atoms. The molecular weight excluding hydrogens is 1720 g/mol. The van der Waals surface area contributed by atoms with E-state index in [-0.39, 0.29) is 114 Å². The number of carbonyl (C=O) groups is 3. The van der Waals surface area contributed by atoms with Gasteiger partial charge in [-0.25, -0.2) is 13.6 Å². The van der Waals surface area contributed by atoms with Gasteiger partial charge in [-0.05, 0) is 23.2 Å². The number of nitrogens with zero attached hydrogens (tertiary/aromatic N) is 13. The maximum Gasteiger partial charge on any atom is 0.338 e. The maximum absolute atomic E-state index is 15.3. The van der Waals surface area contributed by atoms with Crippen molar-refractivity contribution in [3.63, 3.8) is 0 Å². The first-order chi connectivity index (χ1) is 58.0. The quantitative estimate of drug-likeness (QED) is 0.0144. The molecule has 19 atom stereocenters. The number of hydrogen-bond donors (Lipinski definition) is 16. The van der Waals surface area contributed by atoms with Gasteiger partial charge in [0.2, 0.25) is 29.7 Å². The number of nitrogens with one attached hydrogen (secondary N) is 5. The molecule has 0 amide bonds. The Labute approximate surface area is 703 Å². The molecule has 54 heteroatoms. The van der Waals surface area contributed by atoms with Crippen molar-refractivity contribution in [3.8, 4) is 0 Å². The minimum atomic E-state index is -1.83. The van der Waals surface area contributed by atoms with Crippen molar-refractivity contribution in [2.75, 3.05) is 88.4 Å². The summed E-state index contributed by atoms with van der Waals surface area (Å²) in [6.45, 7) is 21.2. The Hall–Kier alpha value is -11.3. The van der Waals surface area contributed by atoms with Gasteiger partial charge < -0.3 is 102 Å². The van der Waals surface area contributed by atoms with Crippen molar-refractivity contribution in [2.45, 2.75) is 151 Å². The fourth-order valence-electron chi connectivity index (χ4n) is 13.8. The van der Waals surface area contributed by atoms with Crippen LogP contribution in [0.3, 0.4) is 0 Å². The van der Waals surface area contributed by atoms with E-state index in [2.05, 4.69) is 92.8 Å². The maximum atomic E-state index is 15.3. The first-order valence-corrected chi connectivity index (χ1v) is 39.9. The first kappa shape index (κ1) is 90.0. The summed E-state index contributed by atoms with van der Waals surface area (Å²) in [6, 6.07) is 7.23. The predicted octanol–water partition coefficient (Wildman–Crippen LogP) is -0.559. The number of anilines is 9. The highest BCUT2D eigenvalue weighted by Crippen LogP contribution is 2.51. The Bertz CT molecular complexity index is 5730. The molecule has 16 rings (SSSR count). The topological polar surface area (TPSA) is 698 Å². The molecule has 0 unspecified atom stereocenters. The average Bonchev–Trinajstić information content (AvgIpc) is 1.62. The van der Waals surface area contributed by atoms with Gasteiger partial charge in [-0.1, -0.05) is 122 Å². The number of aliphatic hydroxyl groups is 6. The van der Waals surface area contributed by atoms with Gasteiger partial charge in [0.25, 0.3) is 27.8 Å². The van der Waals surface area contributed by atoms with Crippen LogP contribution in [0.15, 0.2) is 142 Å². The minimum absolute atomic E-state index is 0.0379. The Kier molecular flexibility index (Phi) is 27.4. The zero-order chi connectivity index (χ0) is 88.6. The molecule has 7 aromatic rings. The van der Waals surface area contributed by atoms with Gasteiger partial charge in [0.1, 0.15) is 79.8 Å². The zero-order valence-corrected chi connectivity index (χ0v) is 68.0. The molecule has 1 aromatic carbocycles. The molecule has 652 valence electrons. The lowest BCUT2D eigenvalue weighted by Crippen LogP contribution is -2.44. The molecule has 0 spiro atoms. The van der Waals surface area contributed by atoms with E-state index in [0.717, 1.165) is 65.3 Å². The van der Waals surface area contributed by atoms with Gasteiger partial charge in [-0.15, -0.1) is 0 Å². The van der Waals surface area contributed by atoms with Crippen LogP contribution in [-0.4, -0.2) is 247 Å². The Morgan fingerprint density at radius 3 is 1.40 bits per heavy atom. The van der Waals surface area contributed by atoms with Gasteiger partial charge >= 0.3 is 22.8 Å². The summed E-state index contributed by atoms with van der Waals surface area (Å²) in [5.74, 6) is -1.98. The Morgan fingerprint density at radius 1 is 0.557 bits per heavy atom. The number of thioether (sulfide) groups is 4. The number of benzene rings is 1. The summed E-state index contributed by atoms with van der Waals surface area (Å²) in [5, 5.41) is 62.5. The van der Waals surface area contributed by atoms with Crippen LogP contribution in [0, 0.1) is 5.92 Å². The molecule has 0 radical (unpaired) electrons. The normalized spacial score (nSPS) is 27.6. The second-order valence-electron chi connectivity index (χ2n) is 27.0. The van der Waals surface area contributed by atoms with Crippen molar-refractivity contribution >= 4 is 140 Å². The number of rotatable bonds is 16. The third kappa shape index (κ3) is 17.7. The van der Waals surface area contributed by atoms with Gasteiger partial charge in [-0.3, -0.25) is 87.4 Å². The van der Waals surface area contributed by atoms with E-state index in [1.165, 1.54) is 38.2 Å². The largest absolute Gasteiger partial charge is 0.459 e. The van der Waals surface area contributed by atoms with Crippen LogP contribution in [0.2, 0.25) is 0 Å². The summed E-state index contributed by atoms with van der Waals surface area (Å²) < 4.78 is 79.8. The summed E-state index contributed by atoms with van der Waals surface area (Å²) in [5.41, 5.74) is 35.3. The van der Waals surface area contributed by atoms with Crippen molar-refractivity contribution in [2.24, 2.45) is 11.0 Å². The number of aliphatic hydroxyl groups excluding tert-OH is 6. The van der Waals surface area contributed by atoms with Crippen LogP contribution in [0.25, 0.3) is 20.8 Å². The van der Waals surface area contributed by atoms with E-state index >= 15 is 4.39 Å². The lowest BCUT2D eigenvalue weighted by Gasteiger charge is -2.29. The molecular formula is C68H77F2N23O24S5. The highest BCUT2D eigenvalue weighted by molar-refractivity contribution is 8.04. The third-order valence-electron chi connectivity index (χ3n) is 19.2. The number of alkyl halides is 2. The van der Waals surface area contributed by atoms with Crippen LogP contribution >= 0.6 is 58.4 Å². The van der Waals surface area contributed by atoms with Crippen molar-refractivity contribution in [3.05, 3.63) is 166 Å². The van der Waals surface area contributed by atoms with Crippen LogP contribution < -0.4 is 80.9 Å². The van der Waals surface area contributed by atoms with E-state index in [1.54, 1.807) is 30.3 Å². The zero-order valence-electron chi connectivity index (χ0n) is 64.0. The van der Waals surface area contributed by atoms with Crippen LogP contribution in [0.1, 0.15) is 37.4 Å². The predicted molar refractivity (Wildman–Crippen MR) is 434 cm³/mol. The molecule has 9 aliphatic rings. The molecule has 5 saturated heterocycles. The van der Waals surface area contributed by atoms with Crippen molar-refractivity contribution < 1.29 is 96.4 Å². The molecule has 5 fully saturated rings. The van der Waals surface area contributed by atoms with E-state index < -0.39 is 164 Å². The van der Waals surface area contributed by atoms with Gasteiger partial charge in [0.05, 0.1) is 64.3 Å². The van der Waals surface area contributed by atoms with Crippen LogP contribution in [0.4, 0.5) is 61.8 Å². The van der Waals surface area contributed by atoms with Gasteiger partial charge in [0, 0.05) is 31.8 Å². The van der Waals surface area contributed by atoms with E-state index in [0.29, 0.717) is 36.1 Å². The second kappa shape index (κ2) is 37.2. The van der Waals surface area contributed by atoms with Gasteiger partial charge in [-0.2, -0.15) is 24.9 Å². The number of hydrogen-bond acceptors (Lipinski definition) is 44. The summed E-state index contributed by atoms with van der Waals surface area (Å²) in [7, 11) is 1.52. The first-order valence-electron chi connectivity index (χ1n) is 35.8. The number of nitrogen functional groups attached to an aromatic ring is 5. The number of esters is 3. The molecule has 0 aliphatic carbocycles. The van der Waals surface area contributed by atoms with Crippen LogP contribution in [0.5, 0.6) is 0 Å². The minimum Gasteiger partial charge on any atom is -0.459 e.